The summed E-state index contributed by atoms with van der Waals surface area (Å²) in [5, 5.41) is 2.76. The molecule has 8 heteroatoms. The van der Waals surface area contributed by atoms with Crippen LogP contribution in [0.5, 0.6) is 0 Å². The molecule has 1 saturated carbocycles. The summed E-state index contributed by atoms with van der Waals surface area (Å²) in [4.78, 5) is 27.0. The zero-order valence-corrected chi connectivity index (χ0v) is 18.8. The van der Waals surface area contributed by atoms with Crippen molar-refractivity contribution >= 4 is 33.2 Å². The first-order valence-electron chi connectivity index (χ1n) is 10.5. The number of amides is 2. The number of benzene rings is 2. The van der Waals surface area contributed by atoms with Crippen LogP contribution >= 0.6 is 0 Å². The topological polar surface area (TPSA) is 86.8 Å². The van der Waals surface area contributed by atoms with Gasteiger partial charge in [-0.1, -0.05) is 18.2 Å². The molecule has 1 atom stereocenters. The fourth-order valence-corrected chi connectivity index (χ4v) is 5.18. The van der Waals surface area contributed by atoms with Crippen molar-refractivity contribution in [1.29, 1.82) is 0 Å². The lowest BCUT2D eigenvalue weighted by Gasteiger charge is -2.23. The van der Waals surface area contributed by atoms with Crippen LogP contribution in [0.2, 0.25) is 0 Å². The number of fused-ring (bicyclic) bond motifs is 1. The van der Waals surface area contributed by atoms with E-state index >= 15 is 0 Å². The van der Waals surface area contributed by atoms with Crippen LogP contribution in [0.4, 0.5) is 11.4 Å². The summed E-state index contributed by atoms with van der Waals surface area (Å²) in [7, 11) is -2.45. The van der Waals surface area contributed by atoms with E-state index in [9.17, 15) is 18.0 Å². The molecule has 0 saturated heterocycles. The molecule has 1 heterocycles. The molecule has 2 aromatic rings. The Kier molecular flexibility index (Phi) is 5.61. The van der Waals surface area contributed by atoms with E-state index in [1.54, 1.807) is 18.2 Å². The Balaban J connectivity index is 1.50. The normalized spacial score (nSPS) is 18.2. The van der Waals surface area contributed by atoms with Gasteiger partial charge in [0.05, 0.1) is 11.4 Å². The van der Waals surface area contributed by atoms with Gasteiger partial charge in [0, 0.05) is 30.4 Å². The number of nitrogens with one attached hydrogen (secondary N) is 1. The molecule has 2 amide bonds. The van der Waals surface area contributed by atoms with Crippen molar-refractivity contribution in [3.8, 4) is 0 Å². The molecule has 2 aromatic carbocycles. The fourth-order valence-electron chi connectivity index (χ4n) is 4.00. The van der Waals surface area contributed by atoms with E-state index < -0.39 is 15.9 Å². The summed E-state index contributed by atoms with van der Waals surface area (Å²) in [5.41, 5.74) is 3.20. The molecule has 0 spiro atoms. The molecule has 0 bridgehead atoms. The molecule has 2 aliphatic rings. The van der Waals surface area contributed by atoms with E-state index in [1.807, 2.05) is 36.9 Å². The Hall–Kier alpha value is -2.71. The summed E-state index contributed by atoms with van der Waals surface area (Å²) in [5.74, 6) is -0.169. The van der Waals surface area contributed by atoms with E-state index in [-0.39, 0.29) is 29.3 Å². The highest BCUT2D eigenvalue weighted by Gasteiger charge is 2.40. The summed E-state index contributed by atoms with van der Waals surface area (Å²) >= 11 is 0. The molecular formula is C23H27N3O4S. The third-order valence-corrected chi connectivity index (χ3v) is 7.72. The van der Waals surface area contributed by atoms with Gasteiger partial charge in [-0.3, -0.25) is 9.59 Å². The van der Waals surface area contributed by atoms with Gasteiger partial charge in [0.15, 0.2) is 0 Å². The van der Waals surface area contributed by atoms with Crippen LogP contribution in [0.1, 0.15) is 30.9 Å². The first kappa shape index (κ1) is 21.5. The number of sulfonamides is 1. The number of hydrogen-bond acceptors (Lipinski definition) is 4. The fraction of sp³-hybridized carbons (Fsp3) is 0.391. The van der Waals surface area contributed by atoms with E-state index in [0.29, 0.717) is 12.1 Å². The number of aryl methyl sites for hydroxylation is 1. The van der Waals surface area contributed by atoms with Gasteiger partial charge in [-0.05, 0) is 68.5 Å². The summed E-state index contributed by atoms with van der Waals surface area (Å²) in [6.45, 7) is 3.56. The van der Waals surface area contributed by atoms with Crippen molar-refractivity contribution in [3.63, 3.8) is 0 Å². The zero-order chi connectivity index (χ0) is 22.3. The average molecular weight is 442 g/mol. The number of carbonyl (C=O) groups is 2. The van der Waals surface area contributed by atoms with Crippen LogP contribution in [-0.4, -0.2) is 44.2 Å². The van der Waals surface area contributed by atoms with Gasteiger partial charge in [-0.25, -0.2) is 8.42 Å². The maximum Gasteiger partial charge on any atom is 0.243 e. The predicted molar refractivity (Wildman–Crippen MR) is 119 cm³/mol. The summed E-state index contributed by atoms with van der Waals surface area (Å²) in [6, 6.07) is 12.2. The van der Waals surface area contributed by atoms with Crippen LogP contribution in [0.25, 0.3) is 0 Å². The number of anilines is 2. The maximum atomic E-state index is 13.1. The maximum absolute atomic E-state index is 13.1. The lowest BCUT2D eigenvalue weighted by atomic mass is 10.1. The number of likely N-dealkylation sites (N-methyl/N-ethyl adjacent to an activating group) is 1. The Morgan fingerprint density at radius 3 is 2.55 bits per heavy atom. The lowest BCUT2D eigenvalue weighted by molar-refractivity contribution is -0.120. The number of nitrogens with zero attached hydrogens (tertiary/aromatic N) is 2. The molecule has 1 fully saturated rings. The summed E-state index contributed by atoms with van der Waals surface area (Å²) < 4.78 is 27.2. The minimum atomic E-state index is -3.85. The molecule has 164 valence electrons. The van der Waals surface area contributed by atoms with E-state index in [2.05, 4.69) is 5.32 Å². The van der Waals surface area contributed by atoms with Gasteiger partial charge < -0.3 is 10.2 Å². The molecule has 1 N–H and O–H groups in total. The number of carbonyl (C=O) groups excluding carboxylic acids is 2. The molecule has 0 unspecified atom stereocenters. The summed E-state index contributed by atoms with van der Waals surface area (Å²) in [6.07, 6.45) is 2.48. The average Bonchev–Trinajstić information content (AvgIpc) is 3.51. The van der Waals surface area contributed by atoms with Crippen molar-refractivity contribution in [2.45, 2.75) is 44.0 Å². The zero-order valence-electron chi connectivity index (χ0n) is 18.0. The monoisotopic (exact) mass is 441 g/mol. The Morgan fingerprint density at radius 2 is 1.87 bits per heavy atom. The molecular weight excluding hydrogens is 414 g/mol. The largest absolute Gasteiger partial charge is 0.325 e. The van der Waals surface area contributed by atoms with Gasteiger partial charge in [0.1, 0.15) is 0 Å². The Bertz CT molecular complexity index is 1140. The van der Waals surface area contributed by atoms with Crippen molar-refractivity contribution in [1.82, 2.24) is 4.31 Å². The molecule has 1 aliphatic carbocycles. The molecule has 1 aliphatic heterocycles. The van der Waals surface area contributed by atoms with Crippen LogP contribution in [-0.2, 0) is 26.0 Å². The van der Waals surface area contributed by atoms with Gasteiger partial charge in [-0.15, -0.1) is 0 Å². The van der Waals surface area contributed by atoms with Crippen LogP contribution in [0, 0.1) is 12.8 Å². The standard InChI is InChI=1S/C23H27N3O4S/c1-15-6-4-5-7-20(15)24-22(27)14-25(3)31(29,30)19-10-11-21-18(13-19)12-16(2)26(21)23(28)17-8-9-17/h4-7,10-11,13,16-17H,8-9,12,14H2,1-3H3,(H,24,27)/t16-/m0/s1. The highest BCUT2D eigenvalue weighted by atomic mass is 32.2. The van der Waals surface area contributed by atoms with Crippen molar-refractivity contribution in [2.75, 3.05) is 23.8 Å². The highest BCUT2D eigenvalue weighted by Crippen LogP contribution is 2.39. The number of rotatable bonds is 6. The van der Waals surface area contributed by atoms with Gasteiger partial charge >= 0.3 is 0 Å². The van der Waals surface area contributed by atoms with Crippen LogP contribution in [0.3, 0.4) is 0 Å². The number of para-hydroxylation sites is 1. The molecule has 31 heavy (non-hydrogen) atoms. The van der Waals surface area contributed by atoms with Gasteiger partial charge in [-0.2, -0.15) is 4.31 Å². The molecule has 7 nitrogen and oxygen atoms in total. The van der Waals surface area contributed by atoms with E-state index in [0.717, 1.165) is 34.0 Å². The smallest absolute Gasteiger partial charge is 0.243 e. The number of hydrogen-bond donors (Lipinski definition) is 1. The second kappa shape index (κ2) is 8.09. The van der Waals surface area contributed by atoms with Crippen molar-refractivity contribution < 1.29 is 18.0 Å². The minimum absolute atomic E-state index is 0.0127. The Morgan fingerprint density at radius 1 is 1.16 bits per heavy atom. The quantitative estimate of drug-likeness (QED) is 0.747. The lowest BCUT2D eigenvalue weighted by Crippen LogP contribution is -2.36. The minimum Gasteiger partial charge on any atom is -0.325 e. The van der Waals surface area contributed by atoms with Crippen molar-refractivity contribution in [2.24, 2.45) is 5.92 Å². The van der Waals surface area contributed by atoms with E-state index in [4.69, 9.17) is 0 Å². The van der Waals surface area contributed by atoms with Crippen LogP contribution in [0.15, 0.2) is 47.4 Å². The third kappa shape index (κ3) is 4.22. The Labute approximate surface area is 183 Å². The highest BCUT2D eigenvalue weighted by molar-refractivity contribution is 7.89. The van der Waals surface area contributed by atoms with Gasteiger partial charge in [0.2, 0.25) is 21.8 Å². The first-order chi connectivity index (χ1) is 14.7. The molecule has 4 rings (SSSR count). The second-order valence-corrected chi connectivity index (χ2v) is 10.5. The first-order valence-corrected chi connectivity index (χ1v) is 11.9. The molecule has 0 aromatic heterocycles. The van der Waals surface area contributed by atoms with Gasteiger partial charge in [0.25, 0.3) is 0 Å². The second-order valence-electron chi connectivity index (χ2n) is 8.45. The third-order valence-electron chi connectivity index (χ3n) is 5.92. The predicted octanol–water partition coefficient (Wildman–Crippen LogP) is 2.94. The van der Waals surface area contributed by atoms with Crippen LogP contribution < -0.4 is 10.2 Å². The van der Waals surface area contributed by atoms with E-state index in [1.165, 1.54) is 13.1 Å². The molecule has 0 radical (unpaired) electrons. The van der Waals surface area contributed by atoms with Crippen molar-refractivity contribution in [3.05, 3.63) is 53.6 Å². The SMILES string of the molecule is Cc1ccccc1NC(=O)CN(C)S(=O)(=O)c1ccc2c(c1)C[C@H](C)N2C(=O)C1CC1.